The van der Waals surface area contributed by atoms with Crippen molar-refractivity contribution in [3.05, 3.63) is 70.4 Å². The smallest absolute Gasteiger partial charge is 0.151 e. The summed E-state index contributed by atoms with van der Waals surface area (Å²) in [7, 11) is 0. The van der Waals surface area contributed by atoms with Gasteiger partial charge in [0.15, 0.2) is 11.6 Å². The molecule has 0 radical (unpaired) electrons. The fraction of sp³-hybridized carbons (Fsp3) is 0.0667. The highest BCUT2D eigenvalue weighted by Gasteiger charge is 2.30. The minimum atomic E-state index is -0.771. The quantitative estimate of drug-likeness (QED) is 0.660. The fourth-order valence-corrected chi connectivity index (χ4v) is 2.56. The molecule has 0 atom stereocenters. The van der Waals surface area contributed by atoms with E-state index >= 15 is 0 Å². The van der Waals surface area contributed by atoms with E-state index in [1.54, 1.807) is 31.2 Å². The first-order valence-electron chi connectivity index (χ1n) is 6.57. The molecule has 2 aromatic rings. The van der Waals surface area contributed by atoms with Crippen LogP contribution in [0.5, 0.6) is 0 Å². The zero-order valence-electron chi connectivity index (χ0n) is 11.8. The van der Waals surface area contributed by atoms with E-state index in [9.17, 15) is 8.78 Å². The molecule has 118 valence electrons. The van der Waals surface area contributed by atoms with Crippen molar-refractivity contribution in [1.29, 1.82) is 0 Å². The topological polar surface area (TPSA) is 31.2 Å². The molecule has 0 aromatic heterocycles. The summed E-state index contributed by atoms with van der Waals surface area (Å²) in [5.74, 6) is -1.54. The third kappa shape index (κ3) is 2.87. The van der Waals surface area contributed by atoms with E-state index in [2.05, 4.69) is 10.3 Å². The van der Waals surface area contributed by atoms with Crippen LogP contribution >= 0.6 is 23.4 Å². The van der Waals surface area contributed by atoms with Crippen molar-refractivity contribution in [2.45, 2.75) is 6.92 Å². The molecule has 2 aromatic carbocycles. The fourth-order valence-electron chi connectivity index (χ4n) is 2.25. The molecule has 0 aliphatic carbocycles. The van der Waals surface area contributed by atoms with Gasteiger partial charge in [0.05, 0.1) is 23.2 Å². The van der Waals surface area contributed by atoms with Gasteiger partial charge in [-0.25, -0.2) is 13.8 Å². The standard InChI is InChI=1S/C15H10Cl2F2N4/c1-9-14(10-5-7-11(16)8-6-10)22(23(17)21-20-9)15-12(18)3-2-4-13(15)19/h2-8H,1H3. The van der Waals surface area contributed by atoms with Gasteiger partial charge in [-0.3, -0.25) is 0 Å². The van der Waals surface area contributed by atoms with Crippen LogP contribution in [0.1, 0.15) is 12.5 Å². The molecular formula is C15H10Cl2F2N4. The number of allylic oxidation sites excluding steroid dienone is 1. The Labute approximate surface area is 141 Å². The average molecular weight is 355 g/mol. The SMILES string of the molecule is CC1=C(c2ccc(Cl)cc2)N(c2c(F)cccc2F)N(Cl)N=N1. The molecule has 0 N–H and O–H groups in total. The molecule has 0 saturated carbocycles. The van der Waals surface area contributed by atoms with Gasteiger partial charge in [0.25, 0.3) is 0 Å². The van der Waals surface area contributed by atoms with E-state index in [0.717, 1.165) is 21.8 Å². The van der Waals surface area contributed by atoms with Crippen molar-refractivity contribution in [2.24, 2.45) is 10.3 Å². The van der Waals surface area contributed by atoms with Crippen LogP contribution in [-0.4, -0.2) is 4.64 Å². The zero-order chi connectivity index (χ0) is 16.6. The molecule has 3 rings (SSSR count). The van der Waals surface area contributed by atoms with Gasteiger partial charge in [-0.15, -0.1) is 5.11 Å². The van der Waals surface area contributed by atoms with Crippen molar-refractivity contribution in [2.75, 3.05) is 5.01 Å². The predicted molar refractivity (Wildman–Crippen MR) is 85.4 cm³/mol. The molecular weight excluding hydrogens is 345 g/mol. The molecule has 0 spiro atoms. The number of rotatable bonds is 2. The molecule has 0 unspecified atom stereocenters. The van der Waals surface area contributed by atoms with Crippen molar-refractivity contribution >= 4 is 34.8 Å². The number of hydrogen-bond donors (Lipinski definition) is 0. The van der Waals surface area contributed by atoms with E-state index in [1.807, 2.05) is 0 Å². The van der Waals surface area contributed by atoms with Gasteiger partial charge in [-0.05, 0) is 36.4 Å². The Kier molecular flexibility index (Phi) is 4.19. The molecule has 0 amide bonds. The molecule has 0 saturated heterocycles. The van der Waals surface area contributed by atoms with E-state index in [-0.39, 0.29) is 5.69 Å². The van der Waals surface area contributed by atoms with Gasteiger partial charge in [-0.2, -0.15) is 0 Å². The Morgan fingerprint density at radius 3 is 2.22 bits per heavy atom. The predicted octanol–water partition coefficient (Wildman–Crippen LogP) is 5.56. The number of nitrogens with zero attached hydrogens (tertiary/aromatic N) is 4. The first-order valence-corrected chi connectivity index (χ1v) is 7.29. The van der Waals surface area contributed by atoms with Crippen LogP contribution in [0.25, 0.3) is 5.70 Å². The zero-order valence-corrected chi connectivity index (χ0v) is 13.4. The van der Waals surface area contributed by atoms with Crippen LogP contribution in [0.15, 0.2) is 58.5 Å². The van der Waals surface area contributed by atoms with E-state index in [0.29, 0.717) is 22.0 Å². The summed E-state index contributed by atoms with van der Waals surface area (Å²) in [6.07, 6.45) is 0. The van der Waals surface area contributed by atoms with E-state index < -0.39 is 11.6 Å². The second-order valence-corrected chi connectivity index (χ2v) is 5.49. The second-order valence-electron chi connectivity index (χ2n) is 4.75. The third-order valence-electron chi connectivity index (χ3n) is 3.26. The summed E-state index contributed by atoms with van der Waals surface area (Å²) >= 11 is 11.9. The molecule has 0 bridgehead atoms. The lowest BCUT2D eigenvalue weighted by atomic mass is 10.1. The molecule has 8 heteroatoms. The molecule has 1 aliphatic rings. The highest BCUT2D eigenvalue weighted by molar-refractivity contribution is 6.30. The number of benzene rings is 2. The molecule has 4 nitrogen and oxygen atoms in total. The van der Waals surface area contributed by atoms with Crippen molar-refractivity contribution in [1.82, 2.24) is 4.64 Å². The van der Waals surface area contributed by atoms with Gasteiger partial charge in [0.2, 0.25) is 0 Å². The van der Waals surface area contributed by atoms with Crippen LogP contribution in [0.3, 0.4) is 0 Å². The first kappa shape index (κ1) is 15.7. The lowest BCUT2D eigenvalue weighted by Gasteiger charge is -2.33. The van der Waals surface area contributed by atoms with E-state index in [4.69, 9.17) is 23.4 Å². The Bertz CT molecular complexity index is 785. The Morgan fingerprint density at radius 2 is 1.61 bits per heavy atom. The lowest BCUT2D eigenvalue weighted by Crippen LogP contribution is -2.35. The largest absolute Gasteiger partial charge is 0.213 e. The van der Waals surface area contributed by atoms with Gasteiger partial charge in [0.1, 0.15) is 5.69 Å². The number of para-hydroxylation sites is 1. The lowest BCUT2D eigenvalue weighted by molar-refractivity contribution is 0.433. The Morgan fingerprint density at radius 1 is 1.00 bits per heavy atom. The average Bonchev–Trinajstić information content (AvgIpc) is 2.52. The third-order valence-corrected chi connectivity index (χ3v) is 3.73. The maximum absolute atomic E-state index is 14.2. The monoisotopic (exact) mass is 354 g/mol. The molecule has 23 heavy (non-hydrogen) atoms. The van der Waals surface area contributed by atoms with Crippen LogP contribution in [-0.2, 0) is 0 Å². The summed E-state index contributed by atoms with van der Waals surface area (Å²) < 4.78 is 29.2. The Balaban J connectivity index is 2.21. The summed E-state index contributed by atoms with van der Waals surface area (Å²) in [4.78, 5) is 0. The van der Waals surface area contributed by atoms with Gasteiger partial charge in [-0.1, -0.05) is 34.4 Å². The maximum Gasteiger partial charge on any atom is 0.151 e. The number of hydrogen-bond acceptors (Lipinski definition) is 4. The highest BCUT2D eigenvalue weighted by atomic mass is 35.5. The van der Waals surface area contributed by atoms with Crippen LogP contribution in [0, 0.1) is 11.6 Å². The molecule has 1 aliphatic heterocycles. The molecule has 1 heterocycles. The number of halogens is 4. The minimum absolute atomic E-state index is 0.342. The van der Waals surface area contributed by atoms with E-state index in [1.165, 1.54) is 6.07 Å². The van der Waals surface area contributed by atoms with Crippen LogP contribution in [0.2, 0.25) is 5.02 Å². The number of hydrazine groups is 1. The van der Waals surface area contributed by atoms with Crippen molar-refractivity contribution in [3.63, 3.8) is 0 Å². The maximum atomic E-state index is 14.2. The first-order chi connectivity index (χ1) is 11.0. The number of anilines is 1. The van der Waals surface area contributed by atoms with Gasteiger partial charge in [0, 0.05) is 10.6 Å². The van der Waals surface area contributed by atoms with Crippen molar-refractivity contribution < 1.29 is 8.78 Å². The Hall–Kier alpha value is -2.18. The summed E-state index contributed by atoms with van der Waals surface area (Å²) in [6, 6.07) is 10.3. The van der Waals surface area contributed by atoms with Crippen LogP contribution < -0.4 is 5.01 Å². The summed E-state index contributed by atoms with van der Waals surface area (Å²) in [5.41, 5.74) is 1.15. The normalized spacial score (nSPS) is 14.7. The summed E-state index contributed by atoms with van der Waals surface area (Å²) in [5, 5.41) is 9.24. The van der Waals surface area contributed by atoms with Crippen LogP contribution in [0.4, 0.5) is 14.5 Å². The van der Waals surface area contributed by atoms with Gasteiger partial charge >= 0.3 is 0 Å². The molecule has 0 fully saturated rings. The minimum Gasteiger partial charge on any atom is -0.213 e. The van der Waals surface area contributed by atoms with Gasteiger partial charge < -0.3 is 0 Å². The summed E-state index contributed by atoms with van der Waals surface area (Å²) in [6.45, 7) is 1.67. The highest BCUT2D eigenvalue weighted by Crippen LogP contribution is 2.38. The second kappa shape index (κ2) is 6.14. The van der Waals surface area contributed by atoms with Crippen molar-refractivity contribution in [3.8, 4) is 0 Å².